The fraction of sp³-hybridized carbons (Fsp3) is 0.538. The molecule has 1 aliphatic heterocycles. The number of hydrogen-bond donors (Lipinski definition) is 0. The highest BCUT2D eigenvalue weighted by Crippen LogP contribution is 2.22. The largest absolute Gasteiger partial charge is 0.353 e. The Hall–Kier alpha value is -0.860. The molecular weight excluding hydrogens is 188 g/mol. The lowest BCUT2D eigenvalue weighted by atomic mass is 10.1. The molecule has 2 nitrogen and oxygen atoms in total. The molecule has 2 unspecified atom stereocenters. The molecule has 15 heavy (non-hydrogen) atoms. The average molecular weight is 206 g/mol. The van der Waals surface area contributed by atoms with Crippen molar-refractivity contribution in [2.45, 2.75) is 38.6 Å². The third kappa shape index (κ3) is 3.05. The van der Waals surface area contributed by atoms with E-state index >= 15 is 0 Å². The maximum absolute atomic E-state index is 5.86. The van der Waals surface area contributed by atoms with Gasteiger partial charge in [0.1, 0.15) is 0 Å². The third-order valence-corrected chi connectivity index (χ3v) is 2.76. The van der Waals surface area contributed by atoms with Crippen LogP contribution in [0.15, 0.2) is 30.3 Å². The lowest BCUT2D eigenvalue weighted by Gasteiger charge is -2.26. The minimum atomic E-state index is -0.00560. The van der Waals surface area contributed by atoms with E-state index < -0.39 is 0 Å². The minimum Gasteiger partial charge on any atom is -0.353 e. The molecule has 1 aliphatic rings. The molecular formula is C13H18O2. The van der Waals surface area contributed by atoms with Crippen molar-refractivity contribution >= 4 is 0 Å². The van der Waals surface area contributed by atoms with Crippen LogP contribution in [0.1, 0.15) is 37.9 Å². The second-order valence-corrected chi connectivity index (χ2v) is 3.99. The first-order valence-corrected chi connectivity index (χ1v) is 5.68. The first-order chi connectivity index (χ1) is 7.36. The summed E-state index contributed by atoms with van der Waals surface area (Å²) in [5.41, 5.74) is 1.21. The summed E-state index contributed by atoms with van der Waals surface area (Å²) >= 11 is 0. The van der Waals surface area contributed by atoms with Gasteiger partial charge in [-0.15, -0.1) is 0 Å². The second kappa shape index (κ2) is 5.29. The number of rotatable bonds is 3. The summed E-state index contributed by atoms with van der Waals surface area (Å²) < 4.78 is 11.4. The zero-order valence-electron chi connectivity index (χ0n) is 9.19. The van der Waals surface area contributed by atoms with E-state index in [9.17, 15) is 0 Å². The van der Waals surface area contributed by atoms with Gasteiger partial charge in [0.15, 0.2) is 6.29 Å². The van der Waals surface area contributed by atoms with Gasteiger partial charge in [-0.05, 0) is 31.7 Å². The van der Waals surface area contributed by atoms with Crippen LogP contribution in [0.25, 0.3) is 0 Å². The Morgan fingerprint density at radius 2 is 2.07 bits per heavy atom. The van der Waals surface area contributed by atoms with Crippen molar-refractivity contribution < 1.29 is 9.47 Å². The molecule has 0 N–H and O–H groups in total. The topological polar surface area (TPSA) is 18.5 Å². The monoisotopic (exact) mass is 206 g/mol. The van der Waals surface area contributed by atoms with E-state index in [1.165, 1.54) is 18.4 Å². The van der Waals surface area contributed by atoms with Crippen LogP contribution in [-0.4, -0.2) is 12.9 Å². The minimum absolute atomic E-state index is 0.00560. The van der Waals surface area contributed by atoms with Gasteiger partial charge in [-0.25, -0.2) is 0 Å². The fourth-order valence-electron chi connectivity index (χ4n) is 1.85. The van der Waals surface area contributed by atoms with E-state index in [4.69, 9.17) is 9.47 Å². The Morgan fingerprint density at radius 1 is 1.27 bits per heavy atom. The molecule has 1 aromatic rings. The van der Waals surface area contributed by atoms with Gasteiger partial charge in [0.25, 0.3) is 0 Å². The van der Waals surface area contributed by atoms with Crippen molar-refractivity contribution in [1.29, 1.82) is 0 Å². The van der Waals surface area contributed by atoms with Crippen LogP contribution in [0.4, 0.5) is 0 Å². The van der Waals surface area contributed by atoms with Crippen molar-refractivity contribution in [3.8, 4) is 0 Å². The normalized spacial score (nSPS) is 23.7. The highest BCUT2D eigenvalue weighted by atomic mass is 16.7. The van der Waals surface area contributed by atoms with E-state index in [0.717, 1.165) is 13.0 Å². The maximum Gasteiger partial charge on any atom is 0.158 e. The molecule has 0 aromatic heterocycles. The fourth-order valence-corrected chi connectivity index (χ4v) is 1.85. The van der Waals surface area contributed by atoms with Gasteiger partial charge in [-0.2, -0.15) is 0 Å². The predicted molar refractivity (Wildman–Crippen MR) is 59.5 cm³/mol. The number of ether oxygens (including phenoxy) is 2. The Kier molecular flexibility index (Phi) is 3.75. The summed E-state index contributed by atoms with van der Waals surface area (Å²) in [7, 11) is 0. The molecule has 2 atom stereocenters. The van der Waals surface area contributed by atoms with E-state index in [-0.39, 0.29) is 12.4 Å². The summed E-state index contributed by atoms with van der Waals surface area (Å²) in [4.78, 5) is 0. The molecule has 0 bridgehead atoms. The summed E-state index contributed by atoms with van der Waals surface area (Å²) in [5.74, 6) is 0. The van der Waals surface area contributed by atoms with Gasteiger partial charge in [0.2, 0.25) is 0 Å². The molecule has 1 aromatic carbocycles. The Morgan fingerprint density at radius 3 is 2.73 bits per heavy atom. The van der Waals surface area contributed by atoms with Crippen LogP contribution in [-0.2, 0) is 9.47 Å². The molecule has 1 saturated heterocycles. The zero-order valence-corrected chi connectivity index (χ0v) is 9.19. The molecule has 0 aliphatic carbocycles. The molecule has 2 heteroatoms. The quantitative estimate of drug-likeness (QED) is 0.755. The first-order valence-electron chi connectivity index (χ1n) is 5.68. The van der Waals surface area contributed by atoms with Crippen molar-refractivity contribution in [2.24, 2.45) is 0 Å². The van der Waals surface area contributed by atoms with Crippen LogP contribution >= 0.6 is 0 Å². The van der Waals surface area contributed by atoms with Gasteiger partial charge in [-0.1, -0.05) is 30.3 Å². The van der Waals surface area contributed by atoms with Crippen LogP contribution in [0.3, 0.4) is 0 Å². The average Bonchev–Trinajstić information content (AvgIpc) is 2.31. The van der Waals surface area contributed by atoms with Gasteiger partial charge in [-0.3, -0.25) is 0 Å². The molecule has 0 radical (unpaired) electrons. The van der Waals surface area contributed by atoms with Gasteiger partial charge < -0.3 is 9.47 Å². The molecule has 0 amide bonds. The maximum atomic E-state index is 5.86. The number of benzene rings is 1. The molecule has 0 spiro atoms. The summed E-state index contributed by atoms with van der Waals surface area (Å²) in [6, 6.07) is 10.3. The smallest absolute Gasteiger partial charge is 0.158 e. The zero-order chi connectivity index (χ0) is 10.5. The first kappa shape index (κ1) is 10.7. The van der Waals surface area contributed by atoms with E-state index in [2.05, 4.69) is 19.1 Å². The van der Waals surface area contributed by atoms with E-state index in [1.807, 2.05) is 18.2 Å². The Balaban J connectivity index is 1.88. The highest BCUT2D eigenvalue weighted by molar-refractivity contribution is 5.16. The molecule has 82 valence electrons. The van der Waals surface area contributed by atoms with Crippen LogP contribution in [0.5, 0.6) is 0 Å². The van der Waals surface area contributed by atoms with Crippen LogP contribution < -0.4 is 0 Å². The SMILES string of the molecule is CC(OC1CCCCO1)c1ccccc1. The molecule has 1 fully saturated rings. The van der Waals surface area contributed by atoms with E-state index in [1.54, 1.807) is 0 Å². The molecule has 0 saturated carbocycles. The lowest BCUT2D eigenvalue weighted by Crippen LogP contribution is -2.23. The van der Waals surface area contributed by atoms with Crippen molar-refractivity contribution in [1.82, 2.24) is 0 Å². The van der Waals surface area contributed by atoms with Crippen molar-refractivity contribution in [2.75, 3.05) is 6.61 Å². The molecule has 1 heterocycles. The van der Waals surface area contributed by atoms with Crippen LogP contribution in [0.2, 0.25) is 0 Å². The Bertz CT molecular complexity index is 278. The highest BCUT2D eigenvalue weighted by Gasteiger charge is 2.17. The van der Waals surface area contributed by atoms with Gasteiger partial charge in [0, 0.05) is 6.61 Å². The summed E-state index contributed by atoms with van der Waals surface area (Å²) in [5, 5.41) is 0. The van der Waals surface area contributed by atoms with Crippen molar-refractivity contribution in [3.63, 3.8) is 0 Å². The van der Waals surface area contributed by atoms with Gasteiger partial charge in [0.05, 0.1) is 6.10 Å². The lowest BCUT2D eigenvalue weighted by molar-refractivity contribution is -0.186. The van der Waals surface area contributed by atoms with Gasteiger partial charge >= 0.3 is 0 Å². The Labute approximate surface area is 91.2 Å². The summed E-state index contributed by atoms with van der Waals surface area (Å²) in [6.07, 6.45) is 3.52. The van der Waals surface area contributed by atoms with Crippen molar-refractivity contribution in [3.05, 3.63) is 35.9 Å². The van der Waals surface area contributed by atoms with Crippen LogP contribution in [0, 0.1) is 0 Å². The molecule has 2 rings (SSSR count). The summed E-state index contributed by atoms with van der Waals surface area (Å²) in [6.45, 7) is 2.92. The third-order valence-electron chi connectivity index (χ3n) is 2.76. The standard InChI is InChI=1S/C13H18O2/c1-11(12-7-3-2-4-8-12)15-13-9-5-6-10-14-13/h2-4,7-8,11,13H,5-6,9-10H2,1H3. The number of hydrogen-bond acceptors (Lipinski definition) is 2. The predicted octanol–water partition coefficient (Wildman–Crippen LogP) is 3.29. The second-order valence-electron chi connectivity index (χ2n) is 3.99. The van der Waals surface area contributed by atoms with E-state index in [0.29, 0.717) is 0 Å².